The van der Waals surface area contributed by atoms with Crippen LogP contribution in [0.3, 0.4) is 0 Å². The SMILES string of the molecule is CC(=O)c1c(C2CCCN2)nc(C2CCCN2)nc1N1CCNCC1. The summed E-state index contributed by atoms with van der Waals surface area (Å²) in [6.45, 7) is 7.27. The number of piperazine rings is 1. The summed E-state index contributed by atoms with van der Waals surface area (Å²) in [5, 5.41) is 10.4. The summed E-state index contributed by atoms with van der Waals surface area (Å²) >= 11 is 0. The Bertz CT molecular complexity index is 631. The van der Waals surface area contributed by atoms with E-state index in [0.717, 1.165) is 87.9 Å². The Balaban J connectivity index is 1.81. The Morgan fingerprint density at radius 2 is 1.68 bits per heavy atom. The van der Waals surface area contributed by atoms with Crippen molar-refractivity contribution in [2.24, 2.45) is 0 Å². The van der Waals surface area contributed by atoms with Crippen molar-refractivity contribution in [1.82, 2.24) is 25.9 Å². The molecule has 3 saturated heterocycles. The van der Waals surface area contributed by atoms with Gasteiger partial charge in [0.2, 0.25) is 0 Å². The largest absolute Gasteiger partial charge is 0.353 e. The van der Waals surface area contributed by atoms with E-state index in [-0.39, 0.29) is 17.9 Å². The van der Waals surface area contributed by atoms with Crippen LogP contribution in [0.2, 0.25) is 0 Å². The highest BCUT2D eigenvalue weighted by atomic mass is 16.1. The second kappa shape index (κ2) is 7.35. The first-order chi connectivity index (χ1) is 12.2. The van der Waals surface area contributed by atoms with Gasteiger partial charge in [0, 0.05) is 26.2 Å². The molecule has 0 bridgehead atoms. The number of nitrogens with zero attached hydrogens (tertiary/aromatic N) is 3. The van der Waals surface area contributed by atoms with Gasteiger partial charge in [0.05, 0.1) is 23.3 Å². The molecule has 1 aromatic rings. The molecular formula is C18H28N6O. The van der Waals surface area contributed by atoms with E-state index in [2.05, 4.69) is 20.9 Å². The maximum absolute atomic E-state index is 12.6. The summed E-state index contributed by atoms with van der Waals surface area (Å²) in [6.07, 6.45) is 4.39. The predicted octanol–water partition coefficient (Wildman–Crippen LogP) is 0.938. The van der Waals surface area contributed by atoms with Crippen molar-refractivity contribution in [2.75, 3.05) is 44.2 Å². The molecule has 0 aliphatic carbocycles. The van der Waals surface area contributed by atoms with Gasteiger partial charge < -0.3 is 20.9 Å². The molecule has 3 N–H and O–H groups in total. The van der Waals surface area contributed by atoms with Gasteiger partial charge in [-0.2, -0.15) is 0 Å². The summed E-state index contributed by atoms with van der Waals surface area (Å²) < 4.78 is 0. The molecule has 0 aromatic carbocycles. The maximum Gasteiger partial charge on any atom is 0.165 e. The third-order valence-electron chi connectivity index (χ3n) is 5.47. The molecule has 25 heavy (non-hydrogen) atoms. The van der Waals surface area contributed by atoms with Gasteiger partial charge in [-0.15, -0.1) is 0 Å². The Kier molecular flexibility index (Phi) is 4.96. The highest BCUT2D eigenvalue weighted by Crippen LogP contribution is 2.33. The molecule has 7 heteroatoms. The Morgan fingerprint density at radius 3 is 2.28 bits per heavy atom. The number of nitrogens with one attached hydrogen (secondary N) is 3. The monoisotopic (exact) mass is 344 g/mol. The third kappa shape index (κ3) is 3.41. The van der Waals surface area contributed by atoms with Crippen molar-refractivity contribution in [3.8, 4) is 0 Å². The minimum absolute atomic E-state index is 0.0724. The van der Waals surface area contributed by atoms with Crippen molar-refractivity contribution in [3.63, 3.8) is 0 Å². The number of carbonyl (C=O) groups is 1. The van der Waals surface area contributed by atoms with Crippen LogP contribution >= 0.6 is 0 Å². The molecule has 4 rings (SSSR count). The molecule has 2 unspecified atom stereocenters. The summed E-state index contributed by atoms with van der Waals surface area (Å²) in [6, 6.07) is 0.381. The lowest BCUT2D eigenvalue weighted by atomic mass is 10.0. The van der Waals surface area contributed by atoms with Gasteiger partial charge in [-0.05, 0) is 45.7 Å². The van der Waals surface area contributed by atoms with E-state index in [0.29, 0.717) is 0 Å². The van der Waals surface area contributed by atoms with Gasteiger partial charge in [0.1, 0.15) is 11.6 Å². The number of ketones is 1. The average Bonchev–Trinajstić information content (AvgIpc) is 3.35. The van der Waals surface area contributed by atoms with Gasteiger partial charge in [-0.25, -0.2) is 9.97 Å². The topological polar surface area (TPSA) is 82.2 Å². The van der Waals surface area contributed by atoms with Crippen molar-refractivity contribution < 1.29 is 4.79 Å². The lowest BCUT2D eigenvalue weighted by Gasteiger charge is -2.31. The zero-order valence-corrected chi connectivity index (χ0v) is 15.0. The van der Waals surface area contributed by atoms with E-state index < -0.39 is 0 Å². The van der Waals surface area contributed by atoms with Gasteiger partial charge in [-0.3, -0.25) is 4.79 Å². The van der Waals surface area contributed by atoms with Gasteiger partial charge in [-0.1, -0.05) is 0 Å². The molecule has 0 saturated carbocycles. The van der Waals surface area contributed by atoms with E-state index in [1.165, 1.54) is 0 Å². The van der Waals surface area contributed by atoms with Crippen LogP contribution in [0.5, 0.6) is 0 Å². The van der Waals surface area contributed by atoms with Crippen LogP contribution in [-0.4, -0.2) is 55.0 Å². The summed E-state index contributed by atoms with van der Waals surface area (Å²) in [5.74, 6) is 1.78. The molecule has 1 aromatic heterocycles. The normalized spacial score (nSPS) is 27.0. The van der Waals surface area contributed by atoms with Crippen molar-refractivity contribution in [2.45, 2.75) is 44.7 Å². The number of anilines is 1. The minimum atomic E-state index is 0.0724. The van der Waals surface area contributed by atoms with E-state index in [1.54, 1.807) is 6.92 Å². The Labute approximate surface area is 149 Å². The maximum atomic E-state index is 12.6. The van der Waals surface area contributed by atoms with E-state index in [4.69, 9.17) is 9.97 Å². The third-order valence-corrected chi connectivity index (χ3v) is 5.47. The molecule has 4 heterocycles. The second-order valence-corrected chi connectivity index (χ2v) is 7.26. The highest BCUT2D eigenvalue weighted by Gasteiger charge is 2.31. The number of hydrogen-bond donors (Lipinski definition) is 3. The fraction of sp³-hybridized carbons (Fsp3) is 0.722. The Morgan fingerprint density at radius 1 is 1.00 bits per heavy atom. The van der Waals surface area contributed by atoms with E-state index >= 15 is 0 Å². The molecule has 3 fully saturated rings. The zero-order chi connectivity index (χ0) is 17.2. The fourth-order valence-electron chi connectivity index (χ4n) is 4.16. The number of Topliss-reactive ketones (excluding diaryl/α,β-unsaturated/α-hetero) is 1. The van der Waals surface area contributed by atoms with Gasteiger partial charge in [0.25, 0.3) is 0 Å². The minimum Gasteiger partial charge on any atom is -0.353 e. The smallest absolute Gasteiger partial charge is 0.165 e. The first kappa shape index (κ1) is 16.9. The van der Waals surface area contributed by atoms with Crippen LogP contribution in [0.4, 0.5) is 5.82 Å². The second-order valence-electron chi connectivity index (χ2n) is 7.26. The standard InChI is InChI=1S/C18H28N6O/c1-12(25)15-16(13-4-2-6-20-13)22-17(14-5-3-7-21-14)23-18(15)24-10-8-19-9-11-24/h13-14,19-21H,2-11H2,1H3. The first-order valence-electron chi connectivity index (χ1n) is 9.59. The zero-order valence-electron chi connectivity index (χ0n) is 15.0. The van der Waals surface area contributed by atoms with Crippen LogP contribution in [0, 0.1) is 0 Å². The Hall–Kier alpha value is -1.57. The molecular weight excluding hydrogens is 316 g/mol. The van der Waals surface area contributed by atoms with Crippen LogP contribution in [0.25, 0.3) is 0 Å². The van der Waals surface area contributed by atoms with Crippen LogP contribution in [0.15, 0.2) is 0 Å². The van der Waals surface area contributed by atoms with E-state index in [1.807, 2.05) is 0 Å². The first-order valence-corrected chi connectivity index (χ1v) is 9.59. The molecule has 0 radical (unpaired) electrons. The van der Waals surface area contributed by atoms with Crippen LogP contribution < -0.4 is 20.9 Å². The molecule has 136 valence electrons. The quantitative estimate of drug-likeness (QED) is 0.701. The molecule has 3 aliphatic rings. The number of rotatable bonds is 4. The van der Waals surface area contributed by atoms with Gasteiger partial charge >= 0.3 is 0 Å². The van der Waals surface area contributed by atoms with Crippen molar-refractivity contribution >= 4 is 11.6 Å². The summed E-state index contributed by atoms with van der Waals surface area (Å²) in [7, 11) is 0. The van der Waals surface area contributed by atoms with Gasteiger partial charge in [0.15, 0.2) is 5.78 Å². The fourth-order valence-corrected chi connectivity index (χ4v) is 4.16. The average molecular weight is 344 g/mol. The number of aromatic nitrogens is 2. The number of carbonyl (C=O) groups excluding carboxylic acids is 1. The van der Waals surface area contributed by atoms with Crippen LogP contribution in [0.1, 0.15) is 66.6 Å². The van der Waals surface area contributed by atoms with Crippen LogP contribution in [-0.2, 0) is 0 Å². The molecule has 7 nitrogen and oxygen atoms in total. The molecule has 0 amide bonds. The molecule has 3 aliphatic heterocycles. The molecule has 2 atom stereocenters. The predicted molar refractivity (Wildman–Crippen MR) is 97.1 cm³/mol. The van der Waals surface area contributed by atoms with Crippen molar-refractivity contribution in [3.05, 3.63) is 17.1 Å². The van der Waals surface area contributed by atoms with E-state index in [9.17, 15) is 4.79 Å². The highest BCUT2D eigenvalue weighted by molar-refractivity contribution is 6.00. The number of hydrogen-bond acceptors (Lipinski definition) is 7. The lowest BCUT2D eigenvalue weighted by Crippen LogP contribution is -2.45. The summed E-state index contributed by atoms with van der Waals surface area (Å²) in [5.41, 5.74) is 1.64. The summed E-state index contributed by atoms with van der Waals surface area (Å²) in [4.78, 5) is 24.6. The van der Waals surface area contributed by atoms with Crippen molar-refractivity contribution in [1.29, 1.82) is 0 Å². The lowest BCUT2D eigenvalue weighted by molar-refractivity contribution is 0.101. The molecule has 0 spiro atoms.